The highest BCUT2D eigenvalue weighted by atomic mass is 32.2. The number of rotatable bonds is 1. The van der Waals surface area contributed by atoms with Crippen molar-refractivity contribution >= 4 is 25.1 Å². The SMILES string of the molecule is [B]c1ccc(SC#N)cc1. The molecule has 2 radical (unpaired) electrons. The van der Waals surface area contributed by atoms with E-state index in [1.165, 1.54) is 0 Å². The lowest BCUT2D eigenvalue weighted by Gasteiger charge is -1.92. The van der Waals surface area contributed by atoms with Crippen LogP contribution in [0.5, 0.6) is 0 Å². The fourth-order valence-corrected chi connectivity index (χ4v) is 0.966. The van der Waals surface area contributed by atoms with E-state index in [1.54, 1.807) is 12.1 Å². The van der Waals surface area contributed by atoms with Crippen LogP contribution in [-0.2, 0) is 0 Å². The normalized spacial score (nSPS) is 8.70. The number of thiocyanates is 1. The molecule has 0 aliphatic carbocycles. The second kappa shape index (κ2) is 3.33. The van der Waals surface area contributed by atoms with Crippen molar-refractivity contribution in [3.05, 3.63) is 24.3 Å². The maximum atomic E-state index is 8.27. The van der Waals surface area contributed by atoms with Gasteiger partial charge in [-0.25, -0.2) is 0 Å². The molecule has 0 N–H and O–H groups in total. The van der Waals surface area contributed by atoms with E-state index in [0.717, 1.165) is 22.1 Å². The predicted octanol–water partition coefficient (Wildman–Crippen LogP) is 1.05. The highest BCUT2D eigenvalue weighted by molar-refractivity contribution is 8.03. The Morgan fingerprint density at radius 3 is 2.40 bits per heavy atom. The van der Waals surface area contributed by atoms with Gasteiger partial charge >= 0.3 is 0 Å². The van der Waals surface area contributed by atoms with Crippen LogP contribution in [0.3, 0.4) is 0 Å². The minimum Gasteiger partial charge on any atom is -0.185 e. The third-order valence-electron chi connectivity index (χ3n) is 1.04. The third kappa shape index (κ3) is 1.82. The Morgan fingerprint density at radius 1 is 1.30 bits per heavy atom. The molecule has 46 valence electrons. The van der Waals surface area contributed by atoms with Crippen molar-refractivity contribution in [2.24, 2.45) is 0 Å². The van der Waals surface area contributed by atoms with Gasteiger partial charge in [0.25, 0.3) is 0 Å². The summed E-state index contributed by atoms with van der Waals surface area (Å²) in [5.41, 5.74) is 0.724. The highest BCUT2D eigenvalue weighted by Gasteiger charge is 1.88. The second-order valence-corrected chi connectivity index (χ2v) is 2.62. The third-order valence-corrected chi connectivity index (χ3v) is 1.64. The zero-order valence-electron chi connectivity index (χ0n) is 5.24. The molecule has 1 rings (SSSR count). The van der Waals surface area contributed by atoms with Crippen LogP contribution in [0.4, 0.5) is 0 Å². The van der Waals surface area contributed by atoms with E-state index in [4.69, 9.17) is 13.1 Å². The molecule has 10 heavy (non-hydrogen) atoms. The Kier molecular flexibility index (Phi) is 2.41. The van der Waals surface area contributed by atoms with Gasteiger partial charge in [0, 0.05) is 4.90 Å². The summed E-state index contributed by atoms with van der Waals surface area (Å²) in [6.07, 6.45) is 0. The first kappa shape index (κ1) is 7.23. The van der Waals surface area contributed by atoms with Gasteiger partial charge in [0.1, 0.15) is 13.2 Å². The smallest absolute Gasteiger partial charge is 0.138 e. The number of thioether (sulfide) groups is 1. The summed E-state index contributed by atoms with van der Waals surface area (Å²) in [6, 6.07) is 7.20. The van der Waals surface area contributed by atoms with Gasteiger partial charge in [0.2, 0.25) is 0 Å². The minimum atomic E-state index is 0.724. The largest absolute Gasteiger partial charge is 0.185 e. The number of hydrogen-bond donors (Lipinski definition) is 0. The van der Waals surface area contributed by atoms with E-state index in [9.17, 15) is 0 Å². The monoisotopic (exact) mass is 145 g/mol. The standard InChI is InChI=1S/C7H4BNS/c8-6-1-3-7(4-2-6)10-5-9/h1-4H. The summed E-state index contributed by atoms with van der Waals surface area (Å²) in [5.74, 6) is 0. The van der Waals surface area contributed by atoms with E-state index >= 15 is 0 Å². The van der Waals surface area contributed by atoms with Gasteiger partial charge in [0.15, 0.2) is 0 Å². The van der Waals surface area contributed by atoms with E-state index < -0.39 is 0 Å². The van der Waals surface area contributed by atoms with Gasteiger partial charge < -0.3 is 0 Å². The van der Waals surface area contributed by atoms with Crippen molar-refractivity contribution in [1.82, 2.24) is 0 Å². The van der Waals surface area contributed by atoms with Crippen molar-refractivity contribution < 1.29 is 0 Å². The van der Waals surface area contributed by atoms with Crippen LogP contribution in [0.15, 0.2) is 29.2 Å². The van der Waals surface area contributed by atoms with E-state index in [-0.39, 0.29) is 0 Å². The van der Waals surface area contributed by atoms with E-state index in [0.29, 0.717) is 0 Å². The topological polar surface area (TPSA) is 23.8 Å². The van der Waals surface area contributed by atoms with Crippen LogP contribution in [0, 0.1) is 10.7 Å². The summed E-state index contributed by atoms with van der Waals surface area (Å²) >= 11 is 1.13. The number of hydrogen-bond acceptors (Lipinski definition) is 2. The van der Waals surface area contributed by atoms with Crippen molar-refractivity contribution in [3.8, 4) is 5.40 Å². The quantitative estimate of drug-likeness (QED) is 0.335. The molecule has 1 aromatic carbocycles. The Morgan fingerprint density at radius 2 is 1.90 bits per heavy atom. The van der Waals surface area contributed by atoms with Gasteiger partial charge in [0.05, 0.1) is 0 Å². The number of nitriles is 1. The molecular formula is C7H4BNS. The van der Waals surface area contributed by atoms with Gasteiger partial charge in [-0.15, -0.1) is 0 Å². The average Bonchev–Trinajstić information content (AvgIpc) is 1.95. The molecule has 1 aromatic rings. The van der Waals surface area contributed by atoms with E-state index in [2.05, 4.69) is 0 Å². The Hall–Kier alpha value is -0.875. The lowest BCUT2D eigenvalue weighted by molar-refractivity contribution is 1.49. The number of nitrogens with zero attached hydrogens (tertiary/aromatic N) is 1. The Balaban J connectivity index is 2.81. The maximum absolute atomic E-state index is 8.27. The molecule has 0 atom stereocenters. The Bertz CT molecular complexity index is 249. The fraction of sp³-hybridized carbons (Fsp3) is 0. The molecule has 0 aliphatic heterocycles. The van der Waals surface area contributed by atoms with Gasteiger partial charge in [-0.1, -0.05) is 17.6 Å². The van der Waals surface area contributed by atoms with Crippen molar-refractivity contribution in [2.75, 3.05) is 0 Å². The molecule has 0 aliphatic rings. The summed E-state index contributed by atoms with van der Waals surface area (Å²) in [6.45, 7) is 0. The van der Waals surface area contributed by atoms with Crippen LogP contribution >= 0.6 is 11.8 Å². The molecule has 3 heteroatoms. The summed E-state index contributed by atoms with van der Waals surface area (Å²) in [5, 5.41) is 10.2. The molecule has 0 saturated heterocycles. The van der Waals surface area contributed by atoms with Crippen LogP contribution in [-0.4, -0.2) is 7.85 Å². The average molecular weight is 145 g/mol. The first-order valence-electron chi connectivity index (χ1n) is 2.74. The van der Waals surface area contributed by atoms with Crippen molar-refractivity contribution in [2.45, 2.75) is 4.90 Å². The Labute approximate surface area is 65.5 Å². The lowest BCUT2D eigenvalue weighted by atomic mass is 9.97. The van der Waals surface area contributed by atoms with Gasteiger partial charge in [-0.05, 0) is 23.9 Å². The highest BCUT2D eigenvalue weighted by Crippen LogP contribution is 2.13. The molecule has 0 amide bonds. The van der Waals surface area contributed by atoms with E-state index in [1.807, 2.05) is 17.5 Å². The molecule has 0 heterocycles. The minimum absolute atomic E-state index is 0.724. The van der Waals surface area contributed by atoms with Crippen LogP contribution < -0.4 is 5.46 Å². The van der Waals surface area contributed by atoms with Crippen LogP contribution in [0.2, 0.25) is 0 Å². The maximum Gasteiger partial charge on any atom is 0.138 e. The molecular weight excluding hydrogens is 141 g/mol. The fourth-order valence-electron chi connectivity index (χ4n) is 0.589. The molecule has 0 fully saturated rings. The zero-order valence-corrected chi connectivity index (χ0v) is 6.06. The molecule has 0 aromatic heterocycles. The molecule has 0 bridgehead atoms. The van der Waals surface area contributed by atoms with Crippen LogP contribution in [0.1, 0.15) is 0 Å². The van der Waals surface area contributed by atoms with Crippen molar-refractivity contribution in [1.29, 1.82) is 5.26 Å². The first-order valence-corrected chi connectivity index (χ1v) is 3.56. The summed E-state index contributed by atoms with van der Waals surface area (Å²) in [4.78, 5) is 0.928. The predicted molar refractivity (Wildman–Crippen MR) is 43.3 cm³/mol. The lowest BCUT2D eigenvalue weighted by Crippen LogP contribution is -1.98. The molecule has 0 spiro atoms. The van der Waals surface area contributed by atoms with Crippen LogP contribution in [0.25, 0.3) is 0 Å². The molecule has 0 unspecified atom stereocenters. The van der Waals surface area contributed by atoms with Gasteiger partial charge in [-0.3, -0.25) is 0 Å². The molecule has 1 nitrogen and oxygen atoms in total. The number of benzene rings is 1. The summed E-state index contributed by atoms with van der Waals surface area (Å²) < 4.78 is 0. The zero-order chi connectivity index (χ0) is 7.40. The second-order valence-electron chi connectivity index (χ2n) is 1.76. The van der Waals surface area contributed by atoms with Crippen molar-refractivity contribution in [3.63, 3.8) is 0 Å². The summed E-state index contributed by atoms with van der Waals surface area (Å²) in [7, 11) is 5.43. The molecule has 0 saturated carbocycles. The first-order chi connectivity index (χ1) is 4.83. The van der Waals surface area contributed by atoms with Gasteiger partial charge in [-0.2, -0.15) is 5.26 Å².